The highest BCUT2D eigenvalue weighted by molar-refractivity contribution is 9.10. The molecule has 1 aromatic carbocycles. The van der Waals surface area contributed by atoms with Crippen molar-refractivity contribution in [3.63, 3.8) is 0 Å². The number of thioether (sulfide) groups is 1. The van der Waals surface area contributed by atoms with Gasteiger partial charge in [-0.2, -0.15) is 11.8 Å². The van der Waals surface area contributed by atoms with Crippen LogP contribution in [-0.4, -0.2) is 0 Å². The summed E-state index contributed by atoms with van der Waals surface area (Å²) >= 11 is 7.27. The number of halogens is 1. The van der Waals surface area contributed by atoms with E-state index < -0.39 is 0 Å². The Labute approximate surface area is 113 Å². The molecule has 0 bridgehead atoms. The van der Waals surface area contributed by atoms with Gasteiger partial charge in [-0.3, -0.25) is 0 Å². The highest BCUT2D eigenvalue weighted by Gasteiger charge is 1.99. The van der Waals surface area contributed by atoms with Crippen molar-refractivity contribution >= 4 is 39.0 Å². The molecule has 2 aromatic rings. The smallest absolute Gasteiger partial charge is 0.0285 e. The summed E-state index contributed by atoms with van der Waals surface area (Å²) in [6.07, 6.45) is 0. The Hall–Kier alpha value is -0.250. The third kappa shape index (κ3) is 3.65. The molecule has 1 aromatic heterocycles. The molecule has 3 heteroatoms. The summed E-state index contributed by atoms with van der Waals surface area (Å²) in [7, 11) is 0. The van der Waals surface area contributed by atoms with Gasteiger partial charge in [0.05, 0.1) is 0 Å². The van der Waals surface area contributed by atoms with Crippen LogP contribution in [0.2, 0.25) is 0 Å². The second-order valence-electron chi connectivity index (χ2n) is 3.71. The Morgan fingerprint density at radius 1 is 1.25 bits per heavy atom. The van der Waals surface area contributed by atoms with Gasteiger partial charge in [-0.1, -0.05) is 29.8 Å². The average Bonchev–Trinajstić information content (AvgIpc) is 2.64. The SMILES string of the molecule is Cc1cccc(CSCc2cc(Br)cs2)c1. The maximum atomic E-state index is 3.48. The topological polar surface area (TPSA) is 0 Å². The molecule has 2 rings (SSSR count). The molecule has 0 fully saturated rings. The third-order valence-electron chi connectivity index (χ3n) is 2.22. The van der Waals surface area contributed by atoms with E-state index in [4.69, 9.17) is 0 Å². The zero-order chi connectivity index (χ0) is 11.4. The van der Waals surface area contributed by atoms with E-state index in [9.17, 15) is 0 Å². The summed E-state index contributed by atoms with van der Waals surface area (Å²) in [5.41, 5.74) is 2.76. The molecule has 0 spiro atoms. The number of hydrogen-bond acceptors (Lipinski definition) is 2. The van der Waals surface area contributed by atoms with Crippen molar-refractivity contribution in [2.45, 2.75) is 18.4 Å². The molecule has 0 aliphatic rings. The molecule has 0 saturated heterocycles. The zero-order valence-electron chi connectivity index (χ0n) is 9.07. The van der Waals surface area contributed by atoms with Crippen LogP contribution < -0.4 is 0 Å². The second kappa shape index (κ2) is 5.89. The van der Waals surface area contributed by atoms with Gasteiger partial charge in [0, 0.05) is 26.2 Å². The van der Waals surface area contributed by atoms with Crippen LogP contribution >= 0.6 is 39.0 Å². The summed E-state index contributed by atoms with van der Waals surface area (Å²) in [5, 5.41) is 2.14. The molecule has 0 atom stereocenters. The summed E-state index contributed by atoms with van der Waals surface area (Å²) in [4.78, 5) is 1.43. The zero-order valence-corrected chi connectivity index (χ0v) is 12.3. The van der Waals surface area contributed by atoms with Crippen molar-refractivity contribution in [1.29, 1.82) is 0 Å². The largest absolute Gasteiger partial charge is 0.152 e. The fraction of sp³-hybridized carbons (Fsp3) is 0.231. The quantitative estimate of drug-likeness (QED) is 0.742. The van der Waals surface area contributed by atoms with Crippen molar-refractivity contribution in [3.05, 3.63) is 56.2 Å². The molecule has 0 saturated carbocycles. The van der Waals surface area contributed by atoms with Crippen molar-refractivity contribution in [1.82, 2.24) is 0 Å². The van der Waals surface area contributed by atoms with E-state index in [-0.39, 0.29) is 0 Å². The normalized spacial score (nSPS) is 10.6. The highest BCUT2D eigenvalue weighted by Crippen LogP contribution is 2.25. The molecule has 0 aliphatic heterocycles. The van der Waals surface area contributed by atoms with Gasteiger partial charge in [0.25, 0.3) is 0 Å². The van der Waals surface area contributed by atoms with Crippen LogP contribution in [0.1, 0.15) is 16.0 Å². The number of aryl methyl sites for hydroxylation is 1. The van der Waals surface area contributed by atoms with E-state index in [0.29, 0.717) is 0 Å². The molecule has 84 valence electrons. The molecule has 0 amide bonds. The molecule has 1 heterocycles. The third-order valence-corrected chi connectivity index (χ3v) is 5.15. The van der Waals surface area contributed by atoms with Crippen molar-refractivity contribution in [2.24, 2.45) is 0 Å². The molecular formula is C13H13BrS2. The first kappa shape index (κ1) is 12.2. The van der Waals surface area contributed by atoms with E-state index in [1.54, 1.807) is 0 Å². The predicted octanol–water partition coefficient (Wildman–Crippen LogP) is 5.25. The molecule has 0 unspecified atom stereocenters. The average molecular weight is 313 g/mol. The van der Waals surface area contributed by atoms with Gasteiger partial charge in [0.15, 0.2) is 0 Å². The monoisotopic (exact) mass is 312 g/mol. The predicted molar refractivity (Wildman–Crippen MR) is 78.2 cm³/mol. The minimum atomic E-state index is 1.09. The van der Waals surface area contributed by atoms with Crippen molar-refractivity contribution in [2.75, 3.05) is 0 Å². The Balaban J connectivity index is 1.84. The van der Waals surface area contributed by atoms with Gasteiger partial charge in [0.2, 0.25) is 0 Å². The summed E-state index contributed by atoms with van der Waals surface area (Å²) in [6, 6.07) is 10.9. The van der Waals surface area contributed by atoms with E-state index in [0.717, 1.165) is 11.5 Å². The van der Waals surface area contributed by atoms with Gasteiger partial charge in [-0.05, 0) is 34.5 Å². The first-order chi connectivity index (χ1) is 7.74. The van der Waals surface area contributed by atoms with Gasteiger partial charge in [-0.15, -0.1) is 11.3 Å². The highest BCUT2D eigenvalue weighted by atomic mass is 79.9. The van der Waals surface area contributed by atoms with Gasteiger partial charge >= 0.3 is 0 Å². The first-order valence-electron chi connectivity index (χ1n) is 5.10. The lowest BCUT2D eigenvalue weighted by Gasteiger charge is -2.01. The van der Waals surface area contributed by atoms with E-state index in [1.165, 1.54) is 20.5 Å². The Morgan fingerprint density at radius 3 is 2.81 bits per heavy atom. The van der Waals surface area contributed by atoms with Crippen LogP contribution in [0.5, 0.6) is 0 Å². The minimum Gasteiger partial charge on any atom is -0.152 e. The Morgan fingerprint density at radius 2 is 2.12 bits per heavy atom. The maximum absolute atomic E-state index is 3.48. The van der Waals surface area contributed by atoms with Crippen LogP contribution in [0.4, 0.5) is 0 Å². The number of hydrogen-bond donors (Lipinski definition) is 0. The summed E-state index contributed by atoms with van der Waals surface area (Å²) < 4.78 is 1.20. The Kier molecular flexibility index (Phi) is 4.50. The first-order valence-corrected chi connectivity index (χ1v) is 7.93. The fourth-order valence-electron chi connectivity index (χ4n) is 1.50. The molecule has 16 heavy (non-hydrogen) atoms. The number of thiophene rings is 1. The second-order valence-corrected chi connectivity index (χ2v) is 6.61. The minimum absolute atomic E-state index is 1.09. The maximum Gasteiger partial charge on any atom is 0.0285 e. The van der Waals surface area contributed by atoms with Crippen LogP contribution in [0, 0.1) is 6.92 Å². The number of benzene rings is 1. The summed E-state index contributed by atoms with van der Waals surface area (Å²) in [5.74, 6) is 2.20. The standard InChI is InChI=1S/C13H13BrS2/c1-10-3-2-4-11(5-10)7-15-9-13-6-12(14)8-16-13/h2-6,8H,7,9H2,1H3. The lowest BCUT2D eigenvalue weighted by molar-refractivity contribution is 1.34. The molecule has 0 nitrogen and oxygen atoms in total. The number of rotatable bonds is 4. The van der Waals surface area contributed by atoms with Crippen molar-refractivity contribution in [3.8, 4) is 0 Å². The van der Waals surface area contributed by atoms with Crippen LogP contribution in [0.15, 0.2) is 40.2 Å². The van der Waals surface area contributed by atoms with E-state index in [1.807, 2.05) is 23.1 Å². The molecular weight excluding hydrogens is 300 g/mol. The van der Waals surface area contributed by atoms with Crippen LogP contribution in [0.3, 0.4) is 0 Å². The van der Waals surface area contributed by atoms with E-state index >= 15 is 0 Å². The van der Waals surface area contributed by atoms with Crippen LogP contribution in [0.25, 0.3) is 0 Å². The van der Waals surface area contributed by atoms with Crippen LogP contribution in [-0.2, 0) is 11.5 Å². The molecule has 0 radical (unpaired) electrons. The van der Waals surface area contributed by atoms with Gasteiger partial charge < -0.3 is 0 Å². The summed E-state index contributed by atoms with van der Waals surface area (Å²) in [6.45, 7) is 2.14. The van der Waals surface area contributed by atoms with E-state index in [2.05, 4.69) is 58.6 Å². The fourth-order valence-corrected chi connectivity index (χ4v) is 4.06. The van der Waals surface area contributed by atoms with Gasteiger partial charge in [-0.25, -0.2) is 0 Å². The molecule has 0 N–H and O–H groups in total. The molecule has 0 aliphatic carbocycles. The van der Waals surface area contributed by atoms with Gasteiger partial charge in [0.1, 0.15) is 0 Å². The van der Waals surface area contributed by atoms with Crippen molar-refractivity contribution < 1.29 is 0 Å². The Bertz CT molecular complexity index is 462. The lowest BCUT2D eigenvalue weighted by Crippen LogP contribution is -1.82. The lowest BCUT2D eigenvalue weighted by atomic mass is 10.2.